The lowest BCUT2D eigenvalue weighted by Crippen LogP contribution is -1.89. The topological polar surface area (TPSA) is 61.0 Å². The maximum Gasteiger partial charge on any atom is 0.214 e. The third kappa shape index (κ3) is 1.35. The molecule has 5 heteroatoms. The molecule has 0 N–H and O–H groups in total. The van der Waals surface area contributed by atoms with Gasteiger partial charge in [0.15, 0.2) is 0 Å². The molecular formula is C8H7N3O2. The van der Waals surface area contributed by atoms with E-state index in [0.29, 0.717) is 11.6 Å². The molecule has 2 heterocycles. The highest BCUT2D eigenvalue weighted by Crippen LogP contribution is 2.24. The molecule has 0 unspecified atom stereocenters. The number of nitrogens with zero attached hydrogens (tertiary/aromatic N) is 3. The number of hydrogen-bond donors (Lipinski definition) is 0. The van der Waals surface area contributed by atoms with Gasteiger partial charge >= 0.3 is 0 Å². The van der Waals surface area contributed by atoms with Gasteiger partial charge in [0.1, 0.15) is 5.75 Å². The van der Waals surface area contributed by atoms with Crippen molar-refractivity contribution in [3.05, 3.63) is 24.9 Å². The molecule has 0 atom stereocenters. The molecule has 0 aliphatic rings. The van der Waals surface area contributed by atoms with Gasteiger partial charge in [0.25, 0.3) is 0 Å². The van der Waals surface area contributed by atoms with Crippen LogP contribution in [-0.4, -0.2) is 22.2 Å². The van der Waals surface area contributed by atoms with Crippen molar-refractivity contribution in [1.82, 2.24) is 15.1 Å². The van der Waals surface area contributed by atoms with Gasteiger partial charge in [-0.15, -0.1) is 0 Å². The average molecular weight is 177 g/mol. The van der Waals surface area contributed by atoms with Crippen molar-refractivity contribution in [1.29, 1.82) is 0 Å². The third-order valence-corrected chi connectivity index (χ3v) is 1.60. The Morgan fingerprint density at radius 1 is 1.46 bits per heavy atom. The maximum atomic E-state index is 5.11. The summed E-state index contributed by atoms with van der Waals surface area (Å²) >= 11 is 0. The molecule has 2 rings (SSSR count). The summed E-state index contributed by atoms with van der Waals surface area (Å²) in [7, 11) is 1.58. The molecule has 0 aliphatic carbocycles. The van der Waals surface area contributed by atoms with E-state index in [4.69, 9.17) is 4.74 Å². The van der Waals surface area contributed by atoms with Gasteiger partial charge in [-0.05, 0) is 6.07 Å². The molecule has 13 heavy (non-hydrogen) atoms. The van der Waals surface area contributed by atoms with E-state index >= 15 is 0 Å². The van der Waals surface area contributed by atoms with E-state index in [1.165, 1.54) is 6.39 Å². The van der Waals surface area contributed by atoms with Crippen LogP contribution in [0.4, 0.5) is 0 Å². The predicted octanol–water partition coefficient (Wildman–Crippen LogP) is 1.14. The number of methoxy groups -OCH3 is 1. The zero-order valence-electron chi connectivity index (χ0n) is 6.97. The van der Waals surface area contributed by atoms with Crippen LogP contribution in [0.5, 0.6) is 5.75 Å². The van der Waals surface area contributed by atoms with Crippen LogP contribution in [0.1, 0.15) is 0 Å². The van der Waals surface area contributed by atoms with Crippen LogP contribution in [0.25, 0.3) is 11.4 Å². The Bertz CT molecular complexity index is 386. The van der Waals surface area contributed by atoms with Crippen molar-refractivity contribution >= 4 is 0 Å². The fourth-order valence-corrected chi connectivity index (χ4v) is 1.02. The van der Waals surface area contributed by atoms with E-state index < -0.39 is 0 Å². The van der Waals surface area contributed by atoms with Crippen LogP contribution in [0, 0.1) is 0 Å². The van der Waals surface area contributed by atoms with E-state index in [9.17, 15) is 0 Å². The number of ether oxygens (including phenoxy) is 1. The van der Waals surface area contributed by atoms with Gasteiger partial charge in [-0.25, -0.2) is 0 Å². The number of rotatable bonds is 2. The van der Waals surface area contributed by atoms with Crippen molar-refractivity contribution < 1.29 is 9.26 Å². The van der Waals surface area contributed by atoms with Gasteiger partial charge in [-0.1, -0.05) is 5.16 Å². The molecule has 2 aromatic rings. The molecule has 5 nitrogen and oxygen atoms in total. The van der Waals surface area contributed by atoms with Crippen molar-refractivity contribution in [2.45, 2.75) is 0 Å². The van der Waals surface area contributed by atoms with Crippen molar-refractivity contribution in [2.75, 3.05) is 7.11 Å². The average Bonchev–Trinajstić information content (AvgIpc) is 2.70. The van der Waals surface area contributed by atoms with Gasteiger partial charge in [0.2, 0.25) is 12.2 Å². The highest BCUT2D eigenvalue weighted by Gasteiger charge is 2.08. The minimum Gasteiger partial charge on any atom is -0.496 e. The van der Waals surface area contributed by atoms with E-state index in [-0.39, 0.29) is 0 Å². The quantitative estimate of drug-likeness (QED) is 0.688. The summed E-state index contributed by atoms with van der Waals surface area (Å²) < 4.78 is 9.73. The van der Waals surface area contributed by atoms with Gasteiger partial charge in [-0.3, -0.25) is 4.98 Å². The largest absolute Gasteiger partial charge is 0.496 e. The van der Waals surface area contributed by atoms with E-state index in [2.05, 4.69) is 19.6 Å². The first-order chi connectivity index (χ1) is 6.42. The molecule has 0 spiro atoms. The minimum atomic E-state index is 0.477. The zero-order valence-corrected chi connectivity index (χ0v) is 6.97. The summed E-state index contributed by atoms with van der Waals surface area (Å²) in [4.78, 5) is 7.84. The van der Waals surface area contributed by atoms with Gasteiger partial charge in [0.05, 0.1) is 12.7 Å². The first kappa shape index (κ1) is 7.72. The summed E-state index contributed by atoms with van der Waals surface area (Å²) in [5.74, 6) is 1.15. The highest BCUT2D eigenvalue weighted by atomic mass is 16.5. The Morgan fingerprint density at radius 2 is 2.38 bits per heavy atom. The van der Waals surface area contributed by atoms with Crippen LogP contribution in [-0.2, 0) is 0 Å². The second-order valence-electron chi connectivity index (χ2n) is 2.33. The lowest BCUT2D eigenvalue weighted by molar-refractivity contribution is 0.410. The Kier molecular flexibility index (Phi) is 1.91. The van der Waals surface area contributed by atoms with Gasteiger partial charge in [0, 0.05) is 12.4 Å². The van der Waals surface area contributed by atoms with Crippen LogP contribution >= 0.6 is 0 Å². The standard InChI is InChI=1S/C8H7N3O2/c1-12-7-2-3-9-4-6(7)8-10-5-13-11-8/h2-5H,1H3. The molecule has 0 amide bonds. The Balaban J connectivity index is 2.51. The molecule has 66 valence electrons. The fourth-order valence-electron chi connectivity index (χ4n) is 1.02. The summed E-state index contributed by atoms with van der Waals surface area (Å²) in [6, 6.07) is 1.74. The molecule has 0 bridgehead atoms. The number of aromatic nitrogens is 3. The Morgan fingerprint density at radius 3 is 3.08 bits per heavy atom. The molecule has 0 saturated carbocycles. The van der Waals surface area contributed by atoms with Crippen LogP contribution < -0.4 is 4.74 Å². The van der Waals surface area contributed by atoms with E-state index in [1.807, 2.05) is 0 Å². The Labute approximate surface area is 74.4 Å². The van der Waals surface area contributed by atoms with E-state index in [0.717, 1.165) is 5.56 Å². The molecule has 0 aliphatic heterocycles. The Hall–Kier alpha value is -1.91. The molecule has 0 radical (unpaired) electrons. The van der Waals surface area contributed by atoms with Crippen molar-refractivity contribution in [3.63, 3.8) is 0 Å². The molecule has 0 aromatic carbocycles. The maximum absolute atomic E-state index is 5.11. The molecular weight excluding hydrogens is 170 g/mol. The molecule has 2 aromatic heterocycles. The summed E-state index contributed by atoms with van der Waals surface area (Å²) in [6.45, 7) is 0. The fraction of sp³-hybridized carbons (Fsp3) is 0.125. The van der Waals surface area contributed by atoms with Crippen LogP contribution in [0.15, 0.2) is 29.4 Å². The smallest absolute Gasteiger partial charge is 0.214 e. The van der Waals surface area contributed by atoms with E-state index in [1.54, 1.807) is 25.6 Å². The predicted molar refractivity (Wildman–Crippen MR) is 44.1 cm³/mol. The van der Waals surface area contributed by atoms with Crippen LogP contribution in [0.2, 0.25) is 0 Å². The number of pyridine rings is 1. The monoisotopic (exact) mass is 177 g/mol. The van der Waals surface area contributed by atoms with Gasteiger partial charge < -0.3 is 9.26 Å². The molecule has 0 saturated heterocycles. The summed E-state index contributed by atoms with van der Waals surface area (Å²) in [6.07, 6.45) is 4.54. The lowest BCUT2D eigenvalue weighted by atomic mass is 10.2. The first-order valence-corrected chi connectivity index (χ1v) is 3.66. The van der Waals surface area contributed by atoms with Crippen LogP contribution in [0.3, 0.4) is 0 Å². The first-order valence-electron chi connectivity index (χ1n) is 3.66. The van der Waals surface area contributed by atoms with Crippen molar-refractivity contribution in [3.8, 4) is 17.1 Å². The minimum absolute atomic E-state index is 0.477. The SMILES string of the molecule is COc1ccncc1-c1ncon1. The normalized spacial score (nSPS) is 9.92. The lowest BCUT2D eigenvalue weighted by Gasteiger charge is -2.02. The van der Waals surface area contributed by atoms with Crippen molar-refractivity contribution in [2.24, 2.45) is 0 Å². The second kappa shape index (κ2) is 3.22. The number of hydrogen-bond acceptors (Lipinski definition) is 5. The summed E-state index contributed by atoms with van der Waals surface area (Å²) in [5.41, 5.74) is 0.721. The van der Waals surface area contributed by atoms with Gasteiger partial charge in [-0.2, -0.15) is 4.98 Å². The molecule has 0 fully saturated rings. The third-order valence-electron chi connectivity index (χ3n) is 1.60. The zero-order chi connectivity index (χ0) is 9.10. The highest BCUT2D eigenvalue weighted by molar-refractivity contribution is 5.61. The summed E-state index contributed by atoms with van der Waals surface area (Å²) in [5, 5.41) is 3.69. The second-order valence-corrected chi connectivity index (χ2v) is 2.33.